The van der Waals surface area contributed by atoms with Crippen LogP contribution in [0.2, 0.25) is 0 Å². The quantitative estimate of drug-likeness (QED) is 0.705. The van der Waals surface area contributed by atoms with E-state index in [1.54, 1.807) is 12.1 Å². The molecule has 0 saturated heterocycles. The molecule has 0 aromatic heterocycles. The summed E-state index contributed by atoms with van der Waals surface area (Å²) < 4.78 is 5.49. The van der Waals surface area contributed by atoms with Gasteiger partial charge in [-0.25, -0.2) is 0 Å². The standard InChI is InChI=1S/C12H15N3O3/c13-10(16)4-5-15-12(17)8-2-1-3-9-11(8)18-7-6-14-9/h1-3,14H,4-7H2,(H2,13,16)(H,15,17). The van der Waals surface area contributed by atoms with E-state index in [1.165, 1.54) is 0 Å². The van der Waals surface area contributed by atoms with Crippen molar-refractivity contribution in [1.29, 1.82) is 0 Å². The van der Waals surface area contributed by atoms with Crippen LogP contribution in [0, 0.1) is 0 Å². The van der Waals surface area contributed by atoms with E-state index in [4.69, 9.17) is 10.5 Å². The number of primary amides is 1. The first-order valence-corrected chi connectivity index (χ1v) is 5.74. The molecule has 1 aliphatic rings. The summed E-state index contributed by atoms with van der Waals surface area (Å²) in [5.74, 6) is -0.152. The molecule has 6 heteroatoms. The van der Waals surface area contributed by atoms with E-state index in [-0.39, 0.29) is 18.9 Å². The molecule has 0 atom stereocenters. The van der Waals surface area contributed by atoms with Crippen molar-refractivity contribution in [2.24, 2.45) is 5.73 Å². The first kappa shape index (κ1) is 12.2. The maximum Gasteiger partial charge on any atom is 0.255 e. The largest absolute Gasteiger partial charge is 0.489 e. The molecule has 2 amide bonds. The second-order valence-electron chi connectivity index (χ2n) is 3.93. The lowest BCUT2D eigenvalue weighted by Crippen LogP contribution is -2.29. The van der Waals surface area contributed by atoms with E-state index in [1.807, 2.05) is 6.07 Å². The second kappa shape index (κ2) is 5.39. The summed E-state index contributed by atoms with van der Waals surface area (Å²) in [5.41, 5.74) is 6.27. The van der Waals surface area contributed by atoms with E-state index in [2.05, 4.69) is 10.6 Å². The van der Waals surface area contributed by atoms with Crippen molar-refractivity contribution in [3.05, 3.63) is 23.8 Å². The molecule has 1 heterocycles. The van der Waals surface area contributed by atoms with Crippen LogP contribution < -0.4 is 21.1 Å². The van der Waals surface area contributed by atoms with E-state index >= 15 is 0 Å². The number of fused-ring (bicyclic) bond motifs is 1. The molecule has 0 unspecified atom stereocenters. The highest BCUT2D eigenvalue weighted by Crippen LogP contribution is 2.30. The summed E-state index contributed by atoms with van der Waals surface area (Å²) in [7, 11) is 0. The number of hydrogen-bond acceptors (Lipinski definition) is 4. The highest BCUT2D eigenvalue weighted by atomic mass is 16.5. The molecule has 0 saturated carbocycles. The lowest BCUT2D eigenvalue weighted by Gasteiger charge is -2.21. The fraction of sp³-hybridized carbons (Fsp3) is 0.333. The van der Waals surface area contributed by atoms with Gasteiger partial charge in [0.2, 0.25) is 5.91 Å². The number of para-hydroxylation sites is 1. The molecule has 1 aliphatic heterocycles. The van der Waals surface area contributed by atoms with E-state index in [0.29, 0.717) is 17.9 Å². The zero-order valence-electron chi connectivity index (χ0n) is 9.86. The van der Waals surface area contributed by atoms with Gasteiger partial charge in [0.25, 0.3) is 5.91 Å². The van der Waals surface area contributed by atoms with Gasteiger partial charge < -0.3 is 21.1 Å². The Kier molecular flexibility index (Phi) is 3.66. The number of anilines is 1. The molecule has 0 fully saturated rings. The van der Waals surface area contributed by atoms with Crippen LogP contribution in [-0.2, 0) is 4.79 Å². The first-order valence-electron chi connectivity index (χ1n) is 5.74. The smallest absolute Gasteiger partial charge is 0.255 e. The first-order chi connectivity index (χ1) is 8.68. The van der Waals surface area contributed by atoms with Gasteiger partial charge in [-0.1, -0.05) is 6.07 Å². The fourth-order valence-electron chi connectivity index (χ4n) is 1.74. The van der Waals surface area contributed by atoms with Gasteiger partial charge in [-0.3, -0.25) is 9.59 Å². The minimum Gasteiger partial charge on any atom is -0.489 e. The lowest BCUT2D eigenvalue weighted by atomic mass is 10.1. The molecule has 18 heavy (non-hydrogen) atoms. The molecule has 4 N–H and O–H groups in total. The number of carbonyl (C=O) groups excluding carboxylic acids is 2. The molecule has 2 rings (SSSR count). The van der Waals surface area contributed by atoms with Gasteiger partial charge in [-0.15, -0.1) is 0 Å². The van der Waals surface area contributed by atoms with Crippen molar-refractivity contribution in [3.63, 3.8) is 0 Å². The molecule has 0 aliphatic carbocycles. The number of rotatable bonds is 4. The zero-order valence-corrected chi connectivity index (χ0v) is 9.86. The number of amides is 2. The Morgan fingerprint density at radius 2 is 2.28 bits per heavy atom. The highest BCUT2D eigenvalue weighted by Gasteiger charge is 2.18. The minimum absolute atomic E-state index is 0.125. The number of carbonyl (C=O) groups is 2. The van der Waals surface area contributed by atoms with Crippen LogP contribution >= 0.6 is 0 Å². The van der Waals surface area contributed by atoms with E-state index < -0.39 is 5.91 Å². The van der Waals surface area contributed by atoms with Crippen LogP contribution in [-0.4, -0.2) is 31.5 Å². The van der Waals surface area contributed by atoms with Gasteiger partial charge in [0.1, 0.15) is 6.61 Å². The maximum atomic E-state index is 11.9. The van der Waals surface area contributed by atoms with Gasteiger partial charge in [0.05, 0.1) is 11.3 Å². The van der Waals surface area contributed by atoms with Crippen LogP contribution in [0.15, 0.2) is 18.2 Å². The van der Waals surface area contributed by atoms with Crippen LogP contribution in [0.1, 0.15) is 16.8 Å². The van der Waals surface area contributed by atoms with Gasteiger partial charge >= 0.3 is 0 Å². The summed E-state index contributed by atoms with van der Waals surface area (Å²) in [6, 6.07) is 5.32. The van der Waals surface area contributed by atoms with Crippen molar-refractivity contribution in [1.82, 2.24) is 5.32 Å². The zero-order chi connectivity index (χ0) is 13.0. The van der Waals surface area contributed by atoms with Gasteiger partial charge in [-0.05, 0) is 12.1 Å². The monoisotopic (exact) mass is 249 g/mol. The lowest BCUT2D eigenvalue weighted by molar-refractivity contribution is -0.117. The van der Waals surface area contributed by atoms with E-state index in [9.17, 15) is 9.59 Å². The summed E-state index contributed by atoms with van der Waals surface area (Å²) in [5, 5.41) is 5.79. The number of nitrogens with two attached hydrogens (primary N) is 1. The van der Waals surface area contributed by atoms with E-state index in [0.717, 1.165) is 12.2 Å². The normalized spacial score (nSPS) is 12.9. The van der Waals surface area contributed by atoms with Crippen molar-refractivity contribution in [3.8, 4) is 5.75 Å². The molecular weight excluding hydrogens is 234 g/mol. The number of hydrogen-bond donors (Lipinski definition) is 3. The van der Waals surface area contributed by atoms with Crippen LogP contribution in [0.3, 0.4) is 0 Å². The van der Waals surface area contributed by atoms with Crippen LogP contribution in [0.5, 0.6) is 5.75 Å². The average molecular weight is 249 g/mol. The third kappa shape index (κ3) is 2.71. The Morgan fingerprint density at radius 1 is 1.44 bits per heavy atom. The number of nitrogens with one attached hydrogen (secondary N) is 2. The molecule has 6 nitrogen and oxygen atoms in total. The predicted octanol–water partition coefficient (Wildman–Crippen LogP) is 0.0961. The number of benzene rings is 1. The van der Waals surface area contributed by atoms with Crippen LogP contribution in [0.4, 0.5) is 5.69 Å². The minimum atomic E-state index is -0.441. The highest BCUT2D eigenvalue weighted by molar-refractivity contribution is 5.99. The maximum absolute atomic E-state index is 11.9. The SMILES string of the molecule is NC(=O)CCNC(=O)c1cccc2c1OCCN2. The third-order valence-corrected chi connectivity index (χ3v) is 2.58. The number of ether oxygens (including phenoxy) is 1. The molecule has 0 radical (unpaired) electrons. The summed E-state index contributed by atoms with van der Waals surface area (Å²) >= 11 is 0. The Balaban J connectivity index is 2.08. The van der Waals surface area contributed by atoms with Crippen molar-refractivity contribution in [2.45, 2.75) is 6.42 Å². The summed E-state index contributed by atoms with van der Waals surface area (Å²) in [4.78, 5) is 22.5. The summed E-state index contributed by atoms with van der Waals surface area (Å²) in [6.07, 6.45) is 0.125. The Morgan fingerprint density at radius 3 is 3.06 bits per heavy atom. The molecule has 1 aromatic rings. The topological polar surface area (TPSA) is 93.5 Å². The summed E-state index contributed by atoms with van der Waals surface area (Å²) in [6.45, 7) is 1.48. The van der Waals surface area contributed by atoms with Crippen LogP contribution in [0.25, 0.3) is 0 Å². The molecule has 0 spiro atoms. The van der Waals surface area contributed by atoms with Gasteiger partial charge in [-0.2, -0.15) is 0 Å². The average Bonchev–Trinajstić information content (AvgIpc) is 2.37. The third-order valence-electron chi connectivity index (χ3n) is 2.58. The van der Waals surface area contributed by atoms with Crippen molar-refractivity contribution in [2.75, 3.05) is 25.0 Å². The van der Waals surface area contributed by atoms with Crippen molar-refractivity contribution < 1.29 is 14.3 Å². The Labute approximate surface area is 104 Å². The molecule has 1 aromatic carbocycles. The molecule has 0 bridgehead atoms. The fourth-order valence-corrected chi connectivity index (χ4v) is 1.74. The predicted molar refractivity (Wildman–Crippen MR) is 66.6 cm³/mol. The Hall–Kier alpha value is -2.24. The van der Waals surface area contributed by atoms with Gasteiger partial charge in [0, 0.05) is 19.5 Å². The van der Waals surface area contributed by atoms with Gasteiger partial charge in [0.15, 0.2) is 5.75 Å². The second-order valence-corrected chi connectivity index (χ2v) is 3.93. The molecular formula is C12H15N3O3. The van der Waals surface area contributed by atoms with Crippen molar-refractivity contribution >= 4 is 17.5 Å². The Bertz CT molecular complexity index is 474. The molecule has 96 valence electrons.